The van der Waals surface area contributed by atoms with Crippen LogP contribution in [-0.4, -0.2) is 38.7 Å². The third kappa shape index (κ3) is 4.29. The number of carbonyl (C=O) groups is 1. The van der Waals surface area contributed by atoms with E-state index in [1.165, 1.54) is 11.0 Å². The van der Waals surface area contributed by atoms with Gasteiger partial charge in [-0.2, -0.15) is 9.90 Å². The number of aromatic nitrogens is 3. The first kappa shape index (κ1) is 16.5. The number of halogens is 1. The molecule has 1 heterocycles. The highest BCUT2D eigenvalue weighted by atomic mass is 35.5. The van der Waals surface area contributed by atoms with Crippen molar-refractivity contribution in [3.63, 3.8) is 0 Å². The number of nitrogens with zero attached hydrogens (tertiary/aromatic N) is 3. The van der Waals surface area contributed by atoms with Crippen LogP contribution in [0.25, 0.3) is 5.69 Å². The predicted molar refractivity (Wildman–Crippen MR) is 84.2 cm³/mol. The summed E-state index contributed by atoms with van der Waals surface area (Å²) in [6.07, 6.45) is 1.48. The normalized spacial score (nSPS) is 12.4. The molecule has 6 nitrogen and oxygen atoms in total. The van der Waals surface area contributed by atoms with Crippen LogP contribution in [-0.2, 0) is 0 Å². The first-order chi connectivity index (χ1) is 10.5. The number of hydrogen-bond donors (Lipinski definition) is 2. The summed E-state index contributed by atoms with van der Waals surface area (Å²) < 4.78 is 0. The summed E-state index contributed by atoms with van der Waals surface area (Å²) in [5.74, 6) is -0.148. The number of amides is 1. The molecule has 0 radical (unpaired) electrons. The Morgan fingerprint density at radius 1 is 1.45 bits per heavy atom. The zero-order chi connectivity index (χ0) is 16.1. The number of carbonyl (C=O) groups excluding carboxylic acids is 1. The van der Waals surface area contributed by atoms with Gasteiger partial charge in [-0.15, -0.1) is 5.10 Å². The van der Waals surface area contributed by atoms with Crippen LogP contribution in [0.5, 0.6) is 0 Å². The lowest BCUT2D eigenvalue weighted by Crippen LogP contribution is -2.29. The molecule has 0 aliphatic heterocycles. The van der Waals surface area contributed by atoms with Crippen LogP contribution in [0.2, 0.25) is 5.02 Å². The van der Waals surface area contributed by atoms with Crippen molar-refractivity contribution in [1.29, 1.82) is 0 Å². The van der Waals surface area contributed by atoms with Crippen LogP contribution in [0.1, 0.15) is 30.8 Å². The smallest absolute Gasteiger partial charge is 0.273 e. The first-order valence-electron chi connectivity index (χ1n) is 7.12. The first-order valence-corrected chi connectivity index (χ1v) is 7.49. The van der Waals surface area contributed by atoms with Gasteiger partial charge in [0.25, 0.3) is 5.91 Å². The molecule has 1 amide bonds. The van der Waals surface area contributed by atoms with Crippen molar-refractivity contribution in [2.45, 2.75) is 26.4 Å². The van der Waals surface area contributed by atoms with Crippen molar-refractivity contribution >= 4 is 17.5 Å². The molecule has 1 aromatic carbocycles. The van der Waals surface area contributed by atoms with Crippen LogP contribution >= 0.6 is 11.6 Å². The minimum absolute atomic E-state index is 0.167. The molecule has 2 rings (SSSR count). The molecule has 118 valence electrons. The predicted octanol–water partition coefficient (Wildman–Crippen LogP) is 2.06. The zero-order valence-electron chi connectivity index (χ0n) is 12.5. The van der Waals surface area contributed by atoms with E-state index in [-0.39, 0.29) is 17.5 Å². The Kier molecular flexibility index (Phi) is 5.51. The molecule has 7 heteroatoms. The van der Waals surface area contributed by atoms with E-state index in [1.807, 2.05) is 13.8 Å². The molecule has 0 bridgehead atoms. The Bertz CT molecular complexity index is 642. The monoisotopic (exact) mass is 322 g/mol. The minimum Gasteiger partial charge on any atom is -0.393 e. The molecular formula is C15H19ClN4O2. The molecule has 0 fully saturated rings. The third-order valence-corrected chi connectivity index (χ3v) is 3.49. The van der Waals surface area contributed by atoms with Gasteiger partial charge in [0.05, 0.1) is 18.0 Å². The van der Waals surface area contributed by atoms with E-state index in [4.69, 9.17) is 11.6 Å². The highest BCUT2D eigenvalue weighted by Gasteiger charge is 2.13. The van der Waals surface area contributed by atoms with Gasteiger partial charge in [-0.05, 0) is 30.5 Å². The van der Waals surface area contributed by atoms with Crippen LogP contribution in [0.4, 0.5) is 0 Å². The highest BCUT2D eigenvalue weighted by Crippen LogP contribution is 2.13. The van der Waals surface area contributed by atoms with Gasteiger partial charge in [0.1, 0.15) is 0 Å². The summed E-state index contributed by atoms with van der Waals surface area (Å²) in [5, 5.41) is 21.2. The fourth-order valence-corrected chi connectivity index (χ4v) is 2.03. The second-order valence-corrected chi connectivity index (χ2v) is 5.79. The van der Waals surface area contributed by atoms with Gasteiger partial charge < -0.3 is 10.4 Å². The Morgan fingerprint density at radius 2 is 2.23 bits per heavy atom. The highest BCUT2D eigenvalue weighted by molar-refractivity contribution is 6.30. The maximum absolute atomic E-state index is 12.0. The fraction of sp³-hybridized carbons (Fsp3) is 0.400. The Morgan fingerprint density at radius 3 is 2.91 bits per heavy atom. The average Bonchev–Trinajstić information content (AvgIpc) is 2.96. The number of rotatable bonds is 6. The topological polar surface area (TPSA) is 80.0 Å². The summed E-state index contributed by atoms with van der Waals surface area (Å²) >= 11 is 5.92. The molecular weight excluding hydrogens is 304 g/mol. The molecule has 0 saturated carbocycles. The van der Waals surface area contributed by atoms with Crippen molar-refractivity contribution in [3.05, 3.63) is 41.2 Å². The van der Waals surface area contributed by atoms with Crippen molar-refractivity contribution < 1.29 is 9.90 Å². The van der Waals surface area contributed by atoms with Gasteiger partial charge >= 0.3 is 0 Å². The Balaban J connectivity index is 1.95. The van der Waals surface area contributed by atoms with Crippen LogP contribution in [0, 0.1) is 5.92 Å². The molecule has 0 spiro atoms. The van der Waals surface area contributed by atoms with E-state index in [1.54, 1.807) is 24.3 Å². The summed E-state index contributed by atoms with van der Waals surface area (Å²) in [7, 11) is 0. The van der Waals surface area contributed by atoms with Crippen molar-refractivity contribution in [2.24, 2.45) is 5.92 Å². The summed E-state index contributed by atoms with van der Waals surface area (Å²) in [5.41, 5.74) is 0.904. The second kappa shape index (κ2) is 7.38. The van der Waals surface area contributed by atoms with Crippen LogP contribution in [0.3, 0.4) is 0 Å². The summed E-state index contributed by atoms with van der Waals surface area (Å²) in [6.45, 7) is 4.26. The van der Waals surface area contributed by atoms with Crippen LogP contribution < -0.4 is 5.32 Å². The fourth-order valence-electron chi connectivity index (χ4n) is 1.85. The van der Waals surface area contributed by atoms with Crippen molar-refractivity contribution in [1.82, 2.24) is 20.3 Å². The molecule has 0 aliphatic rings. The van der Waals surface area contributed by atoms with E-state index in [0.717, 1.165) is 0 Å². The lowest BCUT2D eigenvalue weighted by Gasteiger charge is -2.13. The average molecular weight is 323 g/mol. The van der Waals surface area contributed by atoms with E-state index in [9.17, 15) is 9.90 Å². The molecule has 0 aliphatic carbocycles. The maximum atomic E-state index is 12.0. The lowest BCUT2D eigenvalue weighted by molar-refractivity contribution is 0.0915. The van der Waals surface area contributed by atoms with E-state index in [2.05, 4.69) is 15.5 Å². The van der Waals surface area contributed by atoms with Gasteiger partial charge in [-0.1, -0.05) is 31.5 Å². The molecule has 1 atom stereocenters. The second-order valence-electron chi connectivity index (χ2n) is 5.36. The molecule has 1 unspecified atom stereocenters. The molecule has 1 aromatic heterocycles. The van der Waals surface area contributed by atoms with Gasteiger partial charge in [0, 0.05) is 11.6 Å². The van der Waals surface area contributed by atoms with Gasteiger partial charge in [-0.3, -0.25) is 4.79 Å². The Hall–Kier alpha value is -1.92. The maximum Gasteiger partial charge on any atom is 0.273 e. The lowest BCUT2D eigenvalue weighted by atomic mass is 10.0. The Labute approximate surface area is 134 Å². The largest absolute Gasteiger partial charge is 0.393 e. The van der Waals surface area contributed by atoms with E-state index >= 15 is 0 Å². The number of benzene rings is 1. The molecule has 0 saturated heterocycles. The standard InChI is InChI=1S/C15H19ClN4O2/c1-10(2)14(21)6-7-17-15(22)13-9-18-20(19-13)12-5-3-4-11(16)8-12/h3-5,8-10,14,21H,6-7H2,1-2H3,(H,17,22). The van der Waals surface area contributed by atoms with Gasteiger partial charge in [-0.25, -0.2) is 0 Å². The number of hydrogen-bond acceptors (Lipinski definition) is 4. The van der Waals surface area contributed by atoms with Gasteiger partial charge in [0.2, 0.25) is 0 Å². The quantitative estimate of drug-likeness (QED) is 0.853. The molecule has 2 aromatic rings. The number of nitrogens with one attached hydrogen (secondary N) is 1. The minimum atomic E-state index is -0.428. The van der Waals surface area contributed by atoms with E-state index in [0.29, 0.717) is 23.7 Å². The van der Waals surface area contributed by atoms with Crippen LogP contribution in [0.15, 0.2) is 30.5 Å². The number of aliphatic hydroxyl groups excluding tert-OH is 1. The van der Waals surface area contributed by atoms with Gasteiger partial charge in [0.15, 0.2) is 5.69 Å². The zero-order valence-corrected chi connectivity index (χ0v) is 13.3. The summed E-state index contributed by atoms with van der Waals surface area (Å²) in [4.78, 5) is 13.3. The third-order valence-electron chi connectivity index (χ3n) is 3.26. The number of aliphatic hydroxyl groups is 1. The SMILES string of the molecule is CC(C)C(O)CCNC(=O)c1cnn(-c2cccc(Cl)c2)n1. The molecule has 2 N–H and O–H groups in total. The van der Waals surface area contributed by atoms with Crippen molar-refractivity contribution in [3.8, 4) is 5.69 Å². The van der Waals surface area contributed by atoms with E-state index < -0.39 is 6.10 Å². The van der Waals surface area contributed by atoms with Crippen molar-refractivity contribution in [2.75, 3.05) is 6.54 Å². The molecule has 22 heavy (non-hydrogen) atoms. The summed E-state index contributed by atoms with van der Waals surface area (Å²) in [6, 6.07) is 7.05.